The van der Waals surface area contributed by atoms with Crippen LogP contribution in [0.2, 0.25) is 0 Å². The number of carbonyl (C=O) groups is 3. The molecule has 2 fully saturated rings. The monoisotopic (exact) mass is 439 g/mol. The molecule has 1 aromatic heterocycles. The third-order valence-electron chi connectivity index (χ3n) is 5.59. The van der Waals surface area contributed by atoms with Crippen LogP contribution in [0.25, 0.3) is 0 Å². The Kier molecular flexibility index (Phi) is 5.99. The Hall–Kier alpha value is -2.73. The number of aromatic nitrogens is 1. The number of nitrogens with one attached hydrogen (secondary N) is 2. The van der Waals surface area contributed by atoms with E-state index in [9.17, 15) is 27.6 Å². The van der Waals surface area contributed by atoms with Crippen molar-refractivity contribution in [2.45, 2.75) is 43.7 Å². The van der Waals surface area contributed by atoms with Crippen LogP contribution in [-0.2, 0) is 26.2 Å². The minimum Gasteiger partial charge on any atom is -0.341 e. The molecule has 0 radical (unpaired) electrons. The first-order chi connectivity index (χ1) is 14.1. The van der Waals surface area contributed by atoms with Gasteiger partial charge in [-0.1, -0.05) is 13.8 Å². The molecule has 2 aliphatic heterocycles. The van der Waals surface area contributed by atoms with Crippen molar-refractivity contribution in [2.75, 3.05) is 26.2 Å². The highest BCUT2D eigenvalue weighted by Gasteiger charge is 2.48. The van der Waals surface area contributed by atoms with Crippen molar-refractivity contribution in [1.82, 2.24) is 24.4 Å². The maximum absolute atomic E-state index is 12.7. The second kappa shape index (κ2) is 8.19. The molecule has 2 aliphatic rings. The zero-order valence-corrected chi connectivity index (χ0v) is 17.7. The minimum atomic E-state index is -3.76. The van der Waals surface area contributed by atoms with Gasteiger partial charge in [0.2, 0.25) is 15.9 Å². The van der Waals surface area contributed by atoms with Crippen molar-refractivity contribution >= 4 is 27.9 Å². The molecule has 4 amide bonds. The summed E-state index contributed by atoms with van der Waals surface area (Å²) >= 11 is 0. The number of imide groups is 1. The predicted octanol–water partition coefficient (Wildman–Crippen LogP) is -0.921. The van der Waals surface area contributed by atoms with Crippen LogP contribution in [0.1, 0.15) is 26.7 Å². The third kappa shape index (κ3) is 3.97. The lowest BCUT2D eigenvalue weighted by molar-refractivity contribution is -0.136. The lowest BCUT2D eigenvalue weighted by Gasteiger charge is -2.37. The largest absolute Gasteiger partial charge is 0.341 e. The van der Waals surface area contributed by atoms with Crippen molar-refractivity contribution < 1.29 is 22.8 Å². The summed E-state index contributed by atoms with van der Waals surface area (Å²) in [4.78, 5) is 49.8. The lowest BCUT2D eigenvalue weighted by Crippen LogP contribution is -2.56. The summed E-state index contributed by atoms with van der Waals surface area (Å²) in [5, 5.41) is 4.83. The molecule has 0 unspecified atom stereocenters. The summed E-state index contributed by atoms with van der Waals surface area (Å²) in [6.07, 6.45) is 1.72. The van der Waals surface area contributed by atoms with Gasteiger partial charge in [-0.3, -0.25) is 19.7 Å². The highest BCUT2D eigenvalue weighted by atomic mass is 32.2. The molecule has 0 aromatic carbocycles. The fourth-order valence-corrected chi connectivity index (χ4v) is 5.24. The average molecular weight is 439 g/mol. The molecule has 30 heavy (non-hydrogen) atoms. The summed E-state index contributed by atoms with van der Waals surface area (Å²) in [6, 6.07) is 1.83. The normalized spacial score (nSPS) is 18.6. The van der Waals surface area contributed by atoms with Gasteiger partial charge in [0.15, 0.2) is 0 Å². The predicted molar refractivity (Wildman–Crippen MR) is 106 cm³/mol. The van der Waals surface area contributed by atoms with Crippen molar-refractivity contribution in [2.24, 2.45) is 0 Å². The number of sulfonamides is 1. The van der Waals surface area contributed by atoms with E-state index < -0.39 is 33.1 Å². The van der Waals surface area contributed by atoms with E-state index in [2.05, 4.69) is 10.6 Å². The molecule has 2 saturated heterocycles. The molecule has 1 aromatic rings. The Labute approximate surface area is 174 Å². The van der Waals surface area contributed by atoms with Gasteiger partial charge >= 0.3 is 6.03 Å². The molecule has 0 aliphatic carbocycles. The minimum absolute atomic E-state index is 0.0541. The van der Waals surface area contributed by atoms with E-state index in [4.69, 9.17) is 0 Å². The van der Waals surface area contributed by atoms with Crippen LogP contribution >= 0.6 is 0 Å². The van der Waals surface area contributed by atoms with Gasteiger partial charge in [-0.05, 0) is 18.9 Å². The van der Waals surface area contributed by atoms with Crippen LogP contribution in [0.4, 0.5) is 4.79 Å². The summed E-state index contributed by atoms with van der Waals surface area (Å²) < 4.78 is 27.7. The van der Waals surface area contributed by atoms with Gasteiger partial charge in [-0.2, -0.15) is 4.31 Å². The third-order valence-corrected chi connectivity index (χ3v) is 7.62. The number of carbonyl (C=O) groups excluding carboxylic acids is 3. The summed E-state index contributed by atoms with van der Waals surface area (Å²) in [7, 11) is -3.76. The Bertz CT molecular complexity index is 1020. The summed E-state index contributed by atoms with van der Waals surface area (Å²) in [5.74, 6) is -0.765. The van der Waals surface area contributed by atoms with Gasteiger partial charge in [0, 0.05) is 38.4 Å². The number of likely N-dealkylation sites (tertiary alicyclic amines) is 1. The molecular formula is C18H25N5O6S. The topological polar surface area (TPSA) is 138 Å². The Morgan fingerprint density at radius 3 is 2.30 bits per heavy atom. The number of hydrogen-bond acceptors (Lipinski definition) is 6. The van der Waals surface area contributed by atoms with E-state index in [1.807, 2.05) is 0 Å². The molecule has 2 N–H and O–H groups in total. The Morgan fingerprint density at radius 1 is 1.13 bits per heavy atom. The van der Waals surface area contributed by atoms with Crippen molar-refractivity contribution in [3.8, 4) is 0 Å². The standard InChI is InChI=1S/C18H25N5O6S/c1-3-23(4-2)30(28,29)13-5-6-14(24)22(11-13)12-15(25)21-9-7-18(8-10-21)16(26)19-17(27)20-18/h5-6,11H,3-4,7-10,12H2,1-2H3,(H2,19,20,26,27). The number of piperidine rings is 1. The Morgan fingerprint density at radius 2 is 1.77 bits per heavy atom. The van der Waals surface area contributed by atoms with Crippen LogP contribution in [0.5, 0.6) is 0 Å². The molecule has 1 spiro atoms. The first-order valence-electron chi connectivity index (χ1n) is 9.75. The van der Waals surface area contributed by atoms with Crippen LogP contribution in [0, 0.1) is 0 Å². The highest BCUT2D eigenvalue weighted by molar-refractivity contribution is 7.89. The smallest absolute Gasteiger partial charge is 0.322 e. The summed E-state index contributed by atoms with van der Waals surface area (Å²) in [6.45, 7) is 4.17. The number of rotatable bonds is 6. The molecule has 3 heterocycles. The number of nitrogens with zero attached hydrogens (tertiary/aromatic N) is 3. The van der Waals surface area contributed by atoms with Gasteiger partial charge in [-0.15, -0.1) is 0 Å². The molecule has 0 bridgehead atoms. The maximum atomic E-state index is 12.7. The number of pyridine rings is 1. The zero-order chi connectivity index (χ0) is 22.1. The Balaban J connectivity index is 1.73. The molecule has 0 atom stereocenters. The van der Waals surface area contributed by atoms with Crippen molar-refractivity contribution in [3.63, 3.8) is 0 Å². The zero-order valence-electron chi connectivity index (χ0n) is 16.9. The van der Waals surface area contributed by atoms with Crippen LogP contribution in [0.3, 0.4) is 0 Å². The van der Waals surface area contributed by atoms with Crippen LogP contribution < -0.4 is 16.2 Å². The van der Waals surface area contributed by atoms with Crippen LogP contribution in [-0.4, -0.2) is 71.8 Å². The van der Waals surface area contributed by atoms with Crippen LogP contribution in [0.15, 0.2) is 28.0 Å². The van der Waals surface area contributed by atoms with Gasteiger partial charge in [0.05, 0.1) is 4.90 Å². The molecule has 0 saturated carbocycles. The highest BCUT2D eigenvalue weighted by Crippen LogP contribution is 2.25. The van der Waals surface area contributed by atoms with E-state index in [0.717, 1.165) is 10.6 Å². The van der Waals surface area contributed by atoms with E-state index in [1.54, 1.807) is 13.8 Å². The van der Waals surface area contributed by atoms with E-state index in [1.165, 1.54) is 21.5 Å². The SMILES string of the molecule is CCN(CC)S(=O)(=O)c1ccc(=O)n(CC(=O)N2CCC3(CC2)NC(=O)NC3=O)c1. The lowest BCUT2D eigenvalue weighted by atomic mass is 9.88. The molecule has 3 rings (SSSR count). The molecule has 12 heteroatoms. The maximum Gasteiger partial charge on any atom is 0.322 e. The van der Waals surface area contributed by atoms with E-state index >= 15 is 0 Å². The molecule has 11 nitrogen and oxygen atoms in total. The van der Waals surface area contributed by atoms with Gasteiger partial charge in [-0.25, -0.2) is 13.2 Å². The number of hydrogen-bond donors (Lipinski definition) is 2. The van der Waals surface area contributed by atoms with Gasteiger partial charge in [0.1, 0.15) is 12.1 Å². The fraction of sp³-hybridized carbons (Fsp3) is 0.556. The molecular weight excluding hydrogens is 414 g/mol. The summed E-state index contributed by atoms with van der Waals surface area (Å²) in [5.41, 5.74) is -1.49. The average Bonchev–Trinajstić information content (AvgIpc) is 2.97. The second-order valence-corrected chi connectivity index (χ2v) is 9.23. The van der Waals surface area contributed by atoms with Gasteiger partial charge in [0.25, 0.3) is 11.5 Å². The van der Waals surface area contributed by atoms with Gasteiger partial charge < -0.3 is 14.8 Å². The number of urea groups is 1. The van der Waals surface area contributed by atoms with Crippen molar-refractivity contribution in [3.05, 3.63) is 28.7 Å². The quantitative estimate of drug-likeness (QED) is 0.550. The van der Waals surface area contributed by atoms with E-state index in [0.29, 0.717) is 0 Å². The first-order valence-corrected chi connectivity index (χ1v) is 11.2. The molecule has 164 valence electrons. The fourth-order valence-electron chi connectivity index (χ4n) is 3.76. The number of amides is 4. The van der Waals surface area contributed by atoms with Crippen molar-refractivity contribution in [1.29, 1.82) is 0 Å². The first kappa shape index (κ1) is 22.0. The second-order valence-electron chi connectivity index (χ2n) is 7.29. The van der Waals surface area contributed by atoms with E-state index in [-0.39, 0.29) is 56.4 Å².